The predicted octanol–water partition coefficient (Wildman–Crippen LogP) is 4.31. The highest BCUT2D eigenvalue weighted by molar-refractivity contribution is 8.00. The number of hydrogen-bond donors (Lipinski definition) is 0. The van der Waals surface area contributed by atoms with Gasteiger partial charge in [0.1, 0.15) is 0 Å². The first-order chi connectivity index (χ1) is 8.75. The van der Waals surface area contributed by atoms with E-state index in [9.17, 15) is 0 Å². The quantitative estimate of drug-likeness (QED) is 0.491. The van der Waals surface area contributed by atoms with Gasteiger partial charge in [-0.05, 0) is 12.1 Å². The molecule has 0 radical (unpaired) electrons. The van der Waals surface area contributed by atoms with Gasteiger partial charge in [0.05, 0.1) is 10.8 Å². The van der Waals surface area contributed by atoms with Crippen molar-refractivity contribution in [3.05, 3.63) is 48.5 Å². The van der Waals surface area contributed by atoms with Gasteiger partial charge in [-0.2, -0.15) is 0 Å². The van der Waals surface area contributed by atoms with Crippen molar-refractivity contribution in [1.82, 2.24) is 0 Å². The largest absolute Gasteiger partial charge is 0.212 e. The van der Waals surface area contributed by atoms with E-state index in [4.69, 9.17) is 0 Å². The molecule has 0 bridgehead atoms. The number of nitrogens with one attached hydrogen (secondary N) is 1. The summed E-state index contributed by atoms with van der Waals surface area (Å²) in [6, 6.07) is 17.1. The van der Waals surface area contributed by atoms with E-state index in [0.717, 1.165) is 0 Å². The summed E-state index contributed by atoms with van der Waals surface area (Å²) in [4.78, 5) is 4.89. The number of fused-ring (bicyclic) bond motifs is 2. The monoisotopic (exact) mass is 254 g/mol. The average molecular weight is 254 g/mol. The number of aromatic amines is 1. The summed E-state index contributed by atoms with van der Waals surface area (Å²) in [6.45, 7) is 4.48. The van der Waals surface area contributed by atoms with E-state index in [0.29, 0.717) is 5.25 Å². The maximum Gasteiger partial charge on any atom is 0.212 e. The van der Waals surface area contributed by atoms with E-state index in [-0.39, 0.29) is 0 Å². The molecule has 0 aliphatic carbocycles. The Morgan fingerprint density at radius 1 is 0.833 bits per heavy atom. The van der Waals surface area contributed by atoms with Crippen LogP contribution in [0.1, 0.15) is 13.8 Å². The van der Waals surface area contributed by atoms with E-state index in [1.165, 1.54) is 26.7 Å². The zero-order chi connectivity index (χ0) is 12.5. The molecule has 18 heavy (non-hydrogen) atoms. The Morgan fingerprint density at radius 2 is 1.33 bits per heavy atom. The molecule has 0 amide bonds. The van der Waals surface area contributed by atoms with Gasteiger partial charge in [0.15, 0.2) is 0 Å². The Labute approximate surface area is 111 Å². The van der Waals surface area contributed by atoms with E-state index in [2.05, 4.69) is 67.4 Å². The van der Waals surface area contributed by atoms with Crippen LogP contribution >= 0.6 is 11.8 Å². The first-order valence-corrected chi connectivity index (χ1v) is 7.13. The van der Waals surface area contributed by atoms with Gasteiger partial charge in [-0.1, -0.05) is 38.1 Å². The molecule has 0 unspecified atom stereocenters. The predicted molar refractivity (Wildman–Crippen MR) is 79.0 cm³/mol. The Balaban J connectivity index is 2.41. The lowest BCUT2D eigenvalue weighted by Gasteiger charge is -2.09. The SMILES string of the molecule is CC(C)Sc1c2ccccc2[nH+]c2ccccc12. The third-order valence-electron chi connectivity index (χ3n) is 2.97. The van der Waals surface area contributed by atoms with Gasteiger partial charge in [-0.25, -0.2) is 4.98 Å². The second-order valence-corrected chi connectivity index (χ2v) is 6.30. The van der Waals surface area contributed by atoms with Crippen LogP contribution in [0.15, 0.2) is 53.4 Å². The van der Waals surface area contributed by atoms with E-state index < -0.39 is 0 Å². The number of benzene rings is 2. The Kier molecular flexibility index (Phi) is 2.96. The Hall–Kier alpha value is -1.54. The average Bonchev–Trinajstić information content (AvgIpc) is 2.38. The van der Waals surface area contributed by atoms with Crippen LogP contribution in [0.3, 0.4) is 0 Å². The maximum absolute atomic E-state index is 3.51. The molecule has 1 heterocycles. The van der Waals surface area contributed by atoms with Crippen molar-refractivity contribution in [1.29, 1.82) is 0 Å². The van der Waals surface area contributed by atoms with Crippen molar-refractivity contribution in [2.75, 3.05) is 0 Å². The maximum atomic E-state index is 3.51. The smallest absolute Gasteiger partial charge is 0.204 e. The molecule has 0 aliphatic rings. The Bertz CT molecular complexity index is 650. The number of aromatic nitrogens is 1. The Morgan fingerprint density at radius 3 is 1.83 bits per heavy atom. The summed E-state index contributed by atoms with van der Waals surface area (Å²) in [7, 11) is 0. The van der Waals surface area contributed by atoms with Gasteiger partial charge >= 0.3 is 0 Å². The molecule has 1 N–H and O–H groups in total. The molecule has 2 heteroatoms. The van der Waals surface area contributed by atoms with E-state index in [1.54, 1.807) is 0 Å². The fraction of sp³-hybridized carbons (Fsp3) is 0.188. The van der Waals surface area contributed by atoms with Crippen LogP contribution in [0.4, 0.5) is 0 Å². The summed E-state index contributed by atoms with van der Waals surface area (Å²) in [6.07, 6.45) is 0. The van der Waals surface area contributed by atoms with E-state index >= 15 is 0 Å². The number of H-pyrrole nitrogens is 1. The van der Waals surface area contributed by atoms with Crippen molar-refractivity contribution < 1.29 is 4.98 Å². The van der Waals surface area contributed by atoms with Crippen LogP contribution in [0.2, 0.25) is 0 Å². The van der Waals surface area contributed by atoms with Crippen LogP contribution < -0.4 is 4.98 Å². The van der Waals surface area contributed by atoms with Crippen LogP contribution in [0, 0.1) is 0 Å². The molecule has 1 aromatic heterocycles. The topological polar surface area (TPSA) is 14.1 Å². The highest BCUT2D eigenvalue weighted by atomic mass is 32.2. The van der Waals surface area contributed by atoms with E-state index in [1.807, 2.05) is 11.8 Å². The van der Waals surface area contributed by atoms with Gasteiger partial charge in [-0.15, -0.1) is 11.8 Å². The molecule has 1 nitrogen and oxygen atoms in total. The molecule has 0 saturated heterocycles. The zero-order valence-corrected chi connectivity index (χ0v) is 11.4. The van der Waals surface area contributed by atoms with Crippen LogP contribution in [0.5, 0.6) is 0 Å². The molecule has 0 atom stereocenters. The molecule has 3 aromatic rings. The van der Waals surface area contributed by atoms with Gasteiger partial charge in [0.25, 0.3) is 0 Å². The first-order valence-electron chi connectivity index (χ1n) is 6.25. The molecule has 2 aromatic carbocycles. The van der Waals surface area contributed by atoms with Crippen molar-refractivity contribution in [3.63, 3.8) is 0 Å². The summed E-state index contributed by atoms with van der Waals surface area (Å²) in [5, 5.41) is 3.21. The van der Waals surface area contributed by atoms with Gasteiger partial charge in [0, 0.05) is 22.3 Å². The second kappa shape index (κ2) is 4.62. The van der Waals surface area contributed by atoms with Crippen LogP contribution in [0.25, 0.3) is 21.8 Å². The third kappa shape index (κ3) is 1.97. The number of thioether (sulfide) groups is 1. The summed E-state index contributed by atoms with van der Waals surface area (Å²) in [5.74, 6) is 0. The van der Waals surface area contributed by atoms with Crippen molar-refractivity contribution in [2.24, 2.45) is 0 Å². The van der Waals surface area contributed by atoms with Gasteiger partial charge in [-0.3, -0.25) is 0 Å². The third-order valence-corrected chi connectivity index (χ3v) is 4.11. The van der Waals surface area contributed by atoms with Crippen LogP contribution in [-0.4, -0.2) is 5.25 Å². The minimum atomic E-state index is 0.583. The summed E-state index contributed by atoms with van der Waals surface area (Å²) < 4.78 is 0. The lowest BCUT2D eigenvalue weighted by atomic mass is 10.1. The number of pyridine rings is 1. The zero-order valence-electron chi connectivity index (χ0n) is 10.6. The number of para-hydroxylation sites is 2. The summed E-state index contributed by atoms with van der Waals surface area (Å²) >= 11 is 1.94. The number of hydrogen-bond acceptors (Lipinski definition) is 1. The minimum Gasteiger partial charge on any atom is -0.204 e. The molecule has 0 aliphatic heterocycles. The molecule has 0 fully saturated rings. The highest BCUT2D eigenvalue weighted by Gasteiger charge is 2.14. The second-order valence-electron chi connectivity index (χ2n) is 4.71. The molecule has 3 rings (SSSR count). The molecule has 90 valence electrons. The fourth-order valence-corrected chi connectivity index (χ4v) is 3.31. The van der Waals surface area contributed by atoms with Crippen molar-refractivity contribution in [3.8, 4) is 0 Å². The summed E-state index contributed by atoms with van der Waals surface area (Å²) in [5.41, 5.74) is 2.42. The lowest BCUT2D eigenvalue weighted by Crippen LogP contribution is -2.06. The first kappa shape index (κ1) is 11.5. The highest BCUT2D eigenvalue weighted by Crippen LogP contribution is 2.34. The van der Waals surface area contributed by atoms with Crippen LogP contribution in [-0.2, 0) is 0 Å². The normalized spacial score (nSPS) is 11.5. The number of rotatable bonds is 2. The standard InChI is InChI=1S/C16H15NS/c1-11(2)18-16-12-7-3-5-9-14(12)17-15-10-6-4-8-13(15)16/h3-11H,1-2H3/p+1. The molecule has 0 spiro atoms. The van der Waals surface area contributed by atoms with Gasteiger partial charge in [0.2, 0.25) is 11.0 Å². The van der Waals surface area contributed by atoms with Crippen molar-refractivity contribution >= 4 is 33.6 Å². The lowest BCUT2D eigenvalue weighted by molar-refractivity contribution is -0.310. The molecular formula is C16H16NS+. The minimum absolute atomic E-state index is 0.583. The molecular weight excluding hydrogens is 238 g/mol. The van der Waals surface area contributed by atoms with Crippen molar-refractivity contribution in [2.45, 2.75) is 24.0 Å². The fourth-order valence-electron chi connectivity index (χ4n) is 2.23. The van der Waals surface area contributed by atoms with Gasteiger partial charge < -0.3 is 0 Å². The molecule has 0 saturated carbocycles.